The molecule has 0 spiro atoms. The van der Waals surface area contributed by atoms with E-state index in [2.05, 4.69) is 22.2 Å². The summed E-state index contributed by atoms with van der Waals surface area (Å²) in [4.78, 5) is 57.1. The molecular weight excluding hydrogens is 698 g/mol. The second-order valence-corrected chi connectivity index (χ2v) is 13.4. The zero-order valence-electron chi connectivity index (χ0n) is 28.4. The minimum absolute atomic E-state index is 0.112. The van der Waals surface area contributed by atoms with E-state index in [1.54, 1.807) is 12.1 Å². The predicted molar refractivity (Wildman–Crippen MR) is 184 cm³/mol. The van der Waals surface area contributed by atoms with E-state index in [1.165, 1.54) is 30.3 Å². The highest BCUT2D eigenvalue weighted by molar-refractivity contribution is 6.23. The van der Waals surface area contributed by atoms with Crippen molar-refractivity contribution in [2.75, 3.05) is 25.1 Å². The number of amides is 4. The van der Waals surface area contributed by atoms with Crippen molar-refractivity contribution in [2.45, 2.75) is 56.8 Å². The molecule has 3 aromatic carbocycles. The molecule has 4 amide bonds. The maximum Gasteiger partial charge on any atom is 0.416 e. The van der Waals surface area contributed by atoms with Crippen molar-refractivity contribution in [2.24, 2.45) is 5.92 Å². The van der Waals surface area contributed by atoms with Gasteiger partial charge in [0.25, 0.3) is 17.7 Å². The van der Waals surface area contributed by atoms with Crippen molar-refractivity contribution >= 4 is 40.6 Å². The van der Waals surface area contributed by atoms with Gasteiger partial charge in [-0.25, -0.2) is 9.37 Å². The van der Waals surface area contributed by atoms with Crippen LogP contribution >= 0.6 is 0 Å². The van der Waals surface area contributed by atoms with Crippen LogP contribution in [0.25, 0.3) is 11.0 Å². The molecule has 7 rings (SSSR count). The van der Waals surface area contributed by atoms with Gasteiger partial charge in [-0.15, -0.1) is 0 Å². The van der Waals surface area contributed by atoms with E-state index in [1.807, 2.05) is 4.57 Å². The van der Waals surface area contributed by atoms with Gasteiger partial charge < -0.3 is 19.4 Å². The molecule has 0 radical (unpaired) electrons. The number of imidazole rings is 1. The van der Waals surface area contributed by atoms with Crippen LogP contribution < -0.4 is 15.4 Å². The molecule has 1 saturated carbocycles. The Labute approximate surface area is 300 Å². The summed E-state index contributed by atoms with van der Waals surface area (Å²) in [6.07, 6.45) is -0.896. The number of rotatable bonds is 10. The van der Waals surface area contributed by atoms with E-state index in [-0.39, 0.29) is 47.8 Å². The number of aromatic nitrogens is 2. The van der Waals surface area contributed by atoms with E-state index >= 15 is 0 Å². The number of nitrogens with one attached hydrogen (secondary N) is 2. The molecule has 4 aromatic rings. The normalized spacial score (nSPS) is 20.5. The number of hydrogen-bond acceptors (Lipinski definition) is 7. The lowest BCUT2D eigenvalue weighted by molar-refractivity contribution is -0.137. The molecule has 3 aliphatic rings. The zero-order chi connectivity index (χ0) is 37.4. The molecule has 15 heteroatoms. The number of nitrogens with zero attached hydrogens (tertiary/aromatic N) is 3. The van der Waals surface area contributed by atoms with Crippen LogP contribution in [0.5, 0.6) is 5.75 Å². The summed E-state index contributed by atoms with van der Waals surface area (Å²) in [5.74, 6) is -2.03. The smallest absolute Gasteiger partial charge is 0.416 e. The van der Waals surface area contributed by atoms with Gasteiger partial charge in [-0.3, -0.25) is 29.4 Å². The van der Waals surface area contributed by atoms with Crippen molar-refractivity contribution < 1.29 is 46.2 Å². The lowest BCUT2D eigenvalue weighted by Gasteiger charge is -2.30. The number of halogens is 4. The van der Waals surface area contributed by atoms with Gasteiger partial charge in [0.05, 0.1) is 34.3 Å². The first-order chi connectivity index (χ1) is 25.4. The first kappa shape index (κ1) is 35.8. The third-order valence-corrected chi connectivity index (χ3v) is 9.88. The van der Waals surface area contributed by atoms with Crippen molar-refractivity contribution in [3.63, 3.8) is 0 Å². The molecule has 2 aliphatic heterocycles. The maximum absolute atomic E-state index is 14.1. The number of carbonyl (C=O) groups excluding carboxylic acids is 4. The second-order valence-electron chi connectivity index (χ2n) is 13.4. The minimum Gasteiger partial charge on any atom is -0.491 e. The zero-order valence-corrected chi connectivity index (χ0v) is 28.4. The van der Waals surface area contributed by atoms with Crippen LogP contribution in [-0.2, 0) is 15.7 Å². The van der Waals surface area contributed by atoms with Gasteiger partial charge in [0.1, 0.15) is 24.2 Å². The Kier molecular flexibility index (Phi) is 9.77. The number of ether oxygens (including phenoxy) is 2. The number of carbonyl (C=O) groups is 4. The number of allylic oxidation sites excluding steroid dienone is 1. The molecule has 1 aromatic heterocycles. The fourth-order valence-electron chi connectivity index (χ4n) is 7.20. The summed E-state index contributed by atoms with van der Waals surface area (Å²) in [7, 11) is 0. The SMILES string of the molecule is C=C1CCC(N2C(=O)c3ccc(OCCOCC4CCC(n5c(NC(=O)c6cccc(C(F)(F)F)c6)nc6cc(F)ccc65)CC4)cc3C2=O)C(=O)N1. The number of anilines is 1. The van der Waals surface area contributed by atoms with Gasteiger partial charge in [0, 0.05) is 30.0 Å². The summed E-state index contributed by atoms with van der Waals surface area (Å²) in [5.41, 5.74) is 0.723. The second kappa shape index (κ2) is 14.5. The van der Waals surface area contributed by atoms with Crippen LogP contribution in [0.2, 0.25) is 0 Å². The van der Waals surface area contributed by atoms with Crippen LogP contribution in [0.15, 0.2) is 72.9 Å². The molecule has 0 bridgehead atoms. The Morgan fingerprint density at radius 1 is 0.943 bits per heavy atom. The summed E-state index contributed by atoms with van der Waals surface area (Å²) in [6.45, 7) is 4.67. The van der Waals surface area contributed by atoms with Gasteiger partial charge in [0.15, 0.2) is 0 Å². The van der Waals surface area contributed by atoms with E-state index < -0.39 is 47.2 Å². The van der Waals surface area contributed by atoms with Gasteiger partial charge in [-0.2, -0.15) is 13.2 Å². The molecule has 53 heavy (non-hydrogen) atoms. The molecule has 1 unspecified atom stereocenters. The number of imide groups is 1. The Bertz CT molecular complexity index is 2120. The van der Waals surface area contributed by atoms with Crippen LogP contribution in [0.4, 0.5) is 23.5 Å². The highest BCUT2D eigenvalue weighted by Crippen LogP contribution is 2.38. The van der Waals surface area contributed by atoms with Crippen molar-refractivity contribution in [3.05, 3.63) is 101 Å². The minimum atomic E-state index is -4.61. The third kappa shape index (κ3) is 7.38. The third-order valence-electron chi connectivity index (χ3n) is 9.88. The predicted octanol–water partition coefficient (Wildman–Crippen LogP) is 6.66. The largest absolute Gasteiger partial charge is 0.491 e. The van der Waals surface area contributed by atoms with Crippen LogP contribution in [0, 0.1) is 11.7 Å². The lowest BCUT2D eigenvalue weighted by atomic mass is 9.86. The average Bonchev–Trinajstić information content (AvgIpc) is 3.60. The van der Waals surface area contributed by atoms with Crippen molar-refractivity contribution in [1.29, 1.82) is 0 Å². The van der Waals surface area contributed by atoms with Crippen molar-refractivity contribution in [3.8, 4) is 5.75 Å². The summed E-state index contributed by atoms with van der Waals surface area (Å²) >= 11 is 0. The number of piperidine rings is 1. The summed E-state index contributed by atoms with van der Waals surface area (Å²) in [6, 6.07) is 11.8. The van der Waals surface area contributed by atoms with Gasteiger partial charge in [0.2, 0.25) is 11.9 Å². The topological polar surface area (TPSA) is 132 Å². The molecule has 2 N–H and O–H groups in total. The van der Waals surface area contributed by atoms with Gasteiger partial charge in [-0.1, -0.05) is 12.6 Å². The van der Waals surface area contributed by atoms with E-state index in [0.29, 0.717) is 54.8 Å². The van der Waals surface area contributed by atoms with E-state index in [9.17, 15) is 36.7 Å². The molecule has 3 heterocycles. The molecule has 276 valence electrons. The standard InChI is InChI=1S/C38H35F4N5O6/c1-21-5-13-32(34(49)43-21)47-35(50)28-12-11-27(19-29(28)36(47)51)53-16-15-52-20-22-6-9-26(10-7-22)46-31-14-8-25(39)18-30(31)44-37(46)45-33(48)23-3-2-4-24(17-23)38(40,41)42/h2-4,8,11-12,14,17-19,22,26,32H,1,5-7,9-10,13,15-16,20H2,(H,43,49)(H,44,45,48). The molecule has 1 aliphatic carbocycles. The van der Waals surface area contributed by atoms with Gasteiger partial charge >= 0.3 is 6.18 Å². The van der Waals surface area contributed by atoms with E-state index in [4.69, 9.17) is 9.47 Å². The quantitative estimate of drug-likeness (QED) is 0.106. The van der Waals surface area contributed by atoms with Crippen LogP contribution in [-0.4, -0.2) is 63.9 Å². The highest BCUT2D eigenvalue weighted by atomic mass is 19.4. The molecule has 2 fully saturated rings. The number of alkyl halides is 3. The fraction of sp³-hybridized carbons (Fsp3) is 0.342. The summed E-state index contributed by atoms with van der Waals surface area (Å²) < 4.78 is 67.4. The summed E-state index contributed by atoms with van der Waals surface area (Å²) in [5, 5.41) is 5.26. The number of benzene rings is 3. The van der Waals surface area contributed by atoms with Crippen LogP contribution in [0.3, 0.4) is 0 Å². The van der Waals surface area contributed by atoms with Gasteiger partial charge in [-0.05, 0) is 93.0 Å². The Hall–Kier alpha value is -5.57. The van der Waals surface area contributed by atoms with Crippen LogP contribution in [0.1, 0.15) is 81.2 Å². The lowest BCUT2D eigenvalue weighted by Crippen LogP contribution is -2.51. The molecule has 1 atom stereocenters. The van der Waals surface area contributed by atoms with E-state index in [0.717, 1.165) is 35.9 Å². The average molecular weight is 734 g/mol. The molecule has 11 nitrogen and oxygen atoms in total. The Morgan fingerprint density at radius 2 is 1.72 bits per heavy atom. The maximum atomic E-state index is 14.1. The molecule has 1 saturated heterocycles. The van der Waals surface area contributed by atoms with Crippen molar-refractivity contribution in [1.82, 2.24) is 19.8 Å². The monoisotopic (exact) mass is 733 g/mol. The first-order valence-electron chi connectivity index (χ1n) is 17.2. The Balaban J connectivity index is 0.918. The fourth-order valence-corrected chi connectivity index (χ4v) is 7.20. The number of fused-ring (bicyclic) bond motifs is 2. The molecular formula is C38H35F4N5O6. The highest BCUT2D eigenvalue weighted by Gasteiger charge is 2.44. The number of hydrogen-bond donors (Lipinski definition) is 2. The first-order valence-corrected chi connectivity index (χ1v) is 17.2. The Morgan fingerprint density at radius 3 is 2.47 bits per heavy atom.